The fourth-order valence-electron chi connectivity index (χ4n) is 1.83. The number of aliphatic carboxylic acids is 2. The number of aliphatic hydroxyl groups is 2. The number of hydrogen-bond donors (Lipinski definition) is 4. The van der Waals surface area contributed by atoms with Crippen molar-refractivity contribution >= 4 is 11.9 Å². The Hall–Kier alpha value is -1.14. The summed E-state index contributed by atoms with van der Waals surface area (Å²) in [4.78, 5) is 20.1. The normalized spacial score (nSPS) is 9.44. The molecule has 0 aliphatic rings. The Labute approximate surface area is 153 Å². The molecule has 4 N–H and O–H groups in total. The molecule has 152 valence electrons. The second kappa shape index (κ2) is 27.7. The largest absolute Gasteiger partial charge is 0.481 e. The zero-order chi connectivity index (χ0) is 19.8. The first-order chi connectivity index (χ1) is 12.0. The molecule has 0 radical (unpaired) electrons. The van der Waals surface area contributed by atoms with E-state index in [-0.39, 0.29) is 13.2 Å². The van der Waals surface area contributed by atoms with Crippen LogP contribution in [0.15, 0.2) is 0 Å². The van der Waals surface area contributed by atoms with E-state index in [1.165, 1.54) is 38.5 Å². The van der Waals surface area contributed by atoms with Crippen molar-refractivity contribution < 1.29 is 30.0 Å². The van der Waals surface area contributed by atoms with Crippen LogP contribution in [-0.4, -0.2) is 45.6 Å². The molecule has 6 heteroatoms. The fraction of sp³-hybridized carbons (Fsp3) is 0.895. The van der Waals surface area contributed by atoms with E-state index < -0.39 is 11.9 Å². The Morgan fingerprint density at radius 3 is 1.08 bits per heavy atom. The maximum absolute atomic E-state index is 10.0. The van der Waals surface area contributed by atoms with E-state index >= 15 is 0 Å². The Balaban J connectivity index is -0.000000308. The van der Waals surface area contributed by atoms with Crippen LogP contribution in [0.2, 0.25) is 0 Å². The lowest BCUT2D eigenvalue weighted by atomic mass is 10.1. The molecule has 0 aliphatic carbocycles. The van der Waals surface area contributed by atoms with Gasteiger partial charge in [-0.15, -0.1) is 0 Å². The third-order valence-corrected chi connectivity index (χ3v) is 3.30. The van der Waals surface area contributed by atoms with Crippen LogP contribution in [0.4, 0.5) is 0 Å². The van der Waals surface area contributed by atoms with Crippen LogP contribution >= 0.6 is 0 Å². The lowest BCUT2D eigenvalue weighted by Gasteiger charge is -1.95. The van der Waals surface area contributed by atoms with Crippen LogP contribution in [0, 0.1) is 0 Å². The highest BCUT2D eigenvalue weighted by Crippen LogP contribution is 2.04. The Kier molecular flexibility index (Phi) is 31.7. The van der Waals surface area contributed by atoms with Gasteiger partial charge in [0, 0.05) is 26.1 Å². The van der Waals surface area contributed by atoms with E-state index in [2.05, 4.69) is 13.8 Å². The Morgan fingerprint density at radius 2 is 0.880 bits per heavy atom. The van der Waals surface area contributed by atoms with E-state index in [0.29, 0.717) is 19.3 Å². The molecule has 0 aliphatic heterocycles. The number of carboxylic acid groups (broad SMARTS) is 2. The van der Waals surface area contributed by atoms with Crippen molar-refractivity contribution in [3.8, 4) is 0 Å². The lowest BCUT2D eigenvalue weighted by Crippen LogP contribution is -1.93. The molecule has 0 aromatic rings. The average Bonchev–Trinajstić information content (AvgIpc) is 2.56. The molecule has 0 fully saturated rings. The van der Waals surface area contributed by atoms with Crippen LogP contribution in [0.5, 0.6) is 0 Å². The molecule has 0 atom stereocenters. The summed E-state index contributed by atoms with van der Waals surface area (Å²) in [6.07, 6.45) is 12.3. The van der Waals surface area contributed by atoms with Gasteiger partial charge in [-0.05, 0) is 19.3 Å². The minimum Gasteiger partial charge on any atom is -0.481 e. The third kappa shape index (κ3) is 45.0. The molecule has 0 bridgehead atoms. The number of unbranched alkanes of at least 4 members (excludes halogenated alkanes) is 8. The van der Waals surface area contributed by atoms with Gasteiger partial charge in [-0.1, -0.05) is 65.2 Å². The Morgan fingerprint density at radius 1 is 0.560 bits per heavy atom. The quantitative estimate of drug-likeness (QED) is 0.343. The number of rotatable bonds is 14. The van der Waals surface area contributed by atoms with Gasteiger partial charge in [0.15, 0.2) is 0 Å². The zero-order valence-electron chi connectivity index (χ0n) is 16.2. The molecule has 0 amide bonds. The van der Waals surface area contributed by atoms with Gasteiger partial charge in [0.2, 0.25) is 0 Å². The first kappa shape index (κ1) is 28.7. The summed E-state index contributed by atoms with van der Waals surface area (Å²) in [5, 5.41) is 32.4. The first-order valence-corrected chi connectivity index (χ1v) is 9.61. The smallest absolute Gasteiger partial charge is 0.303 e. The zero-order valence-corrected chi connectivity index (χ0v) is 16.2. The van der Waals surface area contributed by atoms with Crippen molar-refractivity contribution in [3.63, 3.8) is 0 Å². The third-order valence-electron chi connectivity index (χ3n) is 3.30. The van der Waals surface area contributed by atoms with Gasteiger partial charge in [0.1, 0.15) is 0 Å². The van der Waals surface area contributed by atoms with Gasteiger partial charge in [-0.2, -0.15) is 0 Å². The van der Waals surface area contributed by atoms with Gasteiger partial charge in [0.25, 0.3) is 0 Å². The van der Waals surface area contributed by atoms with Crippen molar-refractivity contribution in [2.24, 2.45) is 0 Å². The summed E-state index contributed by atoms with van der Waals surface area (Å²) < 4.78 is 0. The van der Waals surface area contributed by atoms with Gasteiger partial charge in [-0.3, -0.25) is 9.59 Å². The summed E-state index contributed by atoms with van der Waals surface area (Å²) in [5.74, 6) is -1.34. The molecule has 0 aromatic carbocycles. The molecule has 0 aromatic heterocycles. The van der Waals surface area contributed by atoms with Crippen molar-refractivity contribution in [2.45, 2.75) is 97.3 Å². The van der Waals surface area contributed by atoms with E-state index in [1.807, 2.05) is 0 Å². The SMILES string of the molecule is CCCCCCCC(=O)O.CCCCCCCC(=O)O.OCCCO. The standard InChI is InChI=1S/2C8H16O2.C3H8O2/c2*1-2-3-4-5-6-7-8(9)10;4-2-1-3-5/h2*2-7H2,1H3,(H,9,10);4-5H,1-3H2. The molecule has 0 saturated carbocycles. The monoisotopic (exact) mass is 364 g/mol. The molecule has 6 nitrogen and oxygen atoms in total. The predicted octanol–water partition coefficient (Wildman–Crippen LogP) is 4.22. The van der Waals surface area contributed by atoms with Crippen LogP contribution in [0.1, 0.15) is 97.3 Å². The van der Waals surface area contributed by atoms with Crippen LogP contribution in [0.3, 0.4) is 0 Å². The van der Waals surface area contributed by atoms with Gasteiger partial charge in [-0.25, -0.2) is 0 Å². The molecular formula is C19H40O6. The number of carbonyl (C=O) groups is 2. The maximum atomic E-state index is 10.0. The first-order valence-electron chi connectivity index (χ1n) is 9.61. The summed E-state index contributed by atoms with van der Waals surface area (Å²) in [6.45, 7) is 4.49. The second-order valence-corrected chi connectivity index (χ2v) is 5.92. The molecule has 0 unspecified atom stereocenters. The predicted molar refractivity (Wildman–Crippen MR) is 101 cm³/mol. The number of aliphatic hydroxyl groups excluding tert-OH is 2. The summed E-state index contributed by atoms with van der Waals surface area (Å²) in [5.41, 5.74) is 0. The molecule has 0 rings (SSSR count). The van der Waals surface area contributed by atoms with Crippen molar-refractivity contribution in [1.82, 2.24) is 0 Å². The second-order valence-electron chi connectivity index (χ2n) is 5.92. The highest BCUT2D eigenvalue weighted by molar-refractivity contribution is 5.66. The van der Waals surface area contributed by atoms with E-state index in [9.17, 15) is 9.59 Å². The van der Waals surface area contributed by atoms with Crippen LogP contribution in [0.25, 0.3) is 0 Å². The maximum Gasteiger partial charge on any atom is 0.303 e. The van der Waals surface area contributed by atoms with E-state index in [4.69, 9.17) is 20.4 Å². The fourth-order valence-corrected chi connectivity index (χ4v) is 1.83. The van der Waals surface area contributed by atoms with Crippen LogP contribution in [-0.2, 0) is 9.59 Å². The summed E-state index contributed by atoms with van der Waals surface area (Å²) in [6, 6.07) is 0. The molecule has 0 spiro atoms. The topological polar surface area (TPSA) is 115 Å². The molecule has 25 heavy (non-hydrogen) atoms. The summed E-state index contributed by atoms with van der Waals surface area (Å²) in [7, 11) is 0. The minimum atomic E-state index is -0.670. The van der Waals surface area contributed by atoms with Gasteiger partial charge < -0.3 is 20.4 Å². The minimum absolute atomic E-state index is 0.0938. The number of hydrogen-bond acceptors (Lipinski definition) is 4. The van der Waals surface area contributed by atoms with Crippen LogP contribution < -0.4 is 0 Å². The molecule has 0 saturated heterocycles. The Bertz CT molecular complexity index is 243. The van der Waals surface area contributed by atoms with Gasteiger partial charge >= 0.3 is 11.9 Å². The van der Waals surface area contributed by atoms with Crippen molar-refractivity contribution in [1.29, 1.82) is 0 Å². The van der Waals surface area contributed by atoms with E-state index in [0.717, 1.165) is 25.7 Å². The van der Waals surface area contributed by atoms with Crippen molar-refractivity contribution in [3.05, 3.63) is 0 Å². The van der Waals surface area contributed by atoms with Gasteiger partial charge in [0.05, 0.1) is 0 Å². The highest BCUT2D eigenvalue weighted by Gasteiger charge is 1.95. The molecular weight excluding hydrogens is 324 g/mol. The molecule has 0 heterocycles. The van der Waals surface area contributed by atoms with Crippen molar-refractivity contribution in [2.75, 3.05) is 13.2 Å². The average molecular weight is 365 g/mol. The lowest BCUT2D eigenvalue weighted by molar-refractivity contribution is -0.138. The number of carboxylic acids is 2. The highest BCUT2D eigenvalue weighted by atomic mass is 16.4. The van der Waals surface area contributed by atoms with E-state index in [1.54, 1.807) is 0 Å². The summed E-state index contributed by atoms with van der Waals surface area (Å²) >= 11 is 0.